The Labute approximate surface area is 125 Å². The first-order valence-electron chi connectivity index (χ1n) is 5.70. The molecule has 94 valence electrons. The smallest absolute Gasteiger partial charge is 0.0890 e. The van der Waals surface area contributed by atoms with E-state index in [1.54, 1.807) is 17.4 Å². The van der Waals surface area contributed by atoms with Crippen LogP contribution in [0.1, 0.15) is 0 Å². The molecule has 3 aromatic rings. The molecule has 3 rings (SSSR count). The molecular formula is C15H9Cl2NS. The van der Waals surface area contributed by atoms with Gasteiger partial charge < -0.3 is 0 Å². The van der Waals surface area contributed by atoms with Crippen molar-refractivity contribution >= 4 is 34.5 Å². The van der Waals surface area contributed by atoms with E-state index in [1.165, 1.54) is 0 Å². The summed E-state index contributed by atoms with van der Waals surface area (Å²) in [6.45, 7) is 0. The monoisotopic (exact) mass is 305 g/mol. The zero-order valence-electron chi connectivity index (χ0n) is 9.81. The van der Waals surface area contributed by atoms with Crippen molar-refractivity contribution in [1.29, 1.82) is 0 Å². The molecule has 1 heterocycles. The molecule has 0 aliphatic rings. The van der Waals surface area contributed by atoms with Crippen LogP contribution in [0.5, 0.6) is 0 Å². The van der Waals surface area contributed by atoms with Gasteiger partial charge in [0.15, 0.2) is 0 Å². The number of nitrogens with zero attached hydrogens (tertiary/aromatic N) is 1. The van der Waals surface area contributed by atoms with Gasteiger partial charge in [-0.1, -0.05) is 59.6 Å². The van der Waals surface area contributed by atoms with Crippen molar-refractivity contribution in [3.63, 3.8) is 0 Å². The minimum atomic E-state index is 0.547. The lowest BCUT2D eigenvalue weighted by Gasteiger charge is -2.04. The van der Waals surface area contributed by atoms with Crippen LogP contribution >= 0.6 is 34.5 Å². The Morgan fingerprint density at radius 2 is 1.63 bits per heavy atom. The van der Waals surface area contributed by atoms with Gasteiger partial charge in [0.05, 0.1) is 26.1 Å². The van der Waals surface area contributed by atoms with Gasteiger partial charge in [0.1, 0.15) is 0 Å². The molecule has 0 radical (unpaired) electrons. The average molecular weight is 306 g/mol. The zero-order chi connectivity index (χ0) is 13.2. The van der Waals surface area contributed by atoms with E-state index in [1.807, 2.05) is 35.8 Å². The minimum Gasteiger partial charge on any atom is -0.244 e. The molecule has 2 aromatic carbocycles. The molecule has 0 N–H and O–H groups in total. The molecule has 0 aliphatic carbocycles. The third kappa shape index (κ3) is 2.52. The molecule has 4 heteroatoms. The van der Waals surface area contributed by atoms with E-state index in [0.717, 1.165) is 21.7 Å². The zero-order valence-corrected chi connectivity index (χ0v) is 12.1. The Morgan fingerprint density at radius 1 is 0.842 bits per heavy atom. The van der Waals surface area contributed by atoms with Gasteiger partial charge in [0, 0.05) is 5.56 Å². The first-order chi connectivity index (χ1) is 9.25. The van der Waals surface area contributed by atoms with E-state index in [9.17, 15) is 0 Å². The van der Waals surface area contributed by atoms with Crippen molar-refractivity contribution in [2.75, 3.05) is 0 Å². The van der Waals surface area contributed by atoms with Crippen LogP contribution in [0.2, 0.25) is 10.0 Å². The van der Waals surface area contributed by atoms with Crippen LogP contribution in [0.3, 0.4) is 0 Å². The number of halogens is 2. The summed E-state index contributed by atoms with van der Waals surface area (Å²) in [6.07, 6.45) is 0. The Kier molecular flexibility index (Phi) is 3.56. The van der Waals surface area contributed by atoms with Crippen molar-refractivity contribution in [2.45, 2.75) is 0 Å². The van der Waals surface area contributed by atoms with Crippen LogP contribution in [-0.2, 0) is 0 Å². The minimum absolute atomic E-state index is 0.547. The predicted molar refractivity (Wildman–Crippen MR) is 83.0 cm³/mol. The largest absolute Gasteiger partial charge is 0.244 e. The quantitative estimate of drug-likeness (QED) is 0.584. The summed E-state index contributed by atoms with van der Waals surface area (Å²) in [5, 5.41) is 1.10. The number of hydrogen-bond acceptors (Lipinski definition) is 2. The molecule has 0 fully saturated rings. The normalized spacial score (nSPS) is 10.6. The lowest BCUT2D eigenvalue weighted by Crippen LogP contribution is -1.82. The van der Waals surface area contributed by atoms with Gasteiger partial charge in [-0.2, -0.15) is 0 Å². The Balaban J connectivity index is 2.12. The highest BCUT2D eigenvalue weighted by Gasteiger charge is 2.11. The van der Waals surface area contributed by atoms with Crippen LogP contribution in [0.15, 0.2) is 54.0 Å². The maximum atomic E-state index is 6.07. The summed E-state index contributed by atoms with van der Waals surface area (Å²) in [4.78, 5) is 5.59. The van der Waals surface area contributed by atoms with Crippen LogP contribution in [0, 0.1) is 0 Å². The second-order valence-corrected chi connectivity index (χ2v) is 5.69. The molecule has 0 saturated carbocycles. The molecule has 0 saturated heterocycles. The van der Waals surface area contributed by atoms with Gasteiger partial charge in [-0.25, -0.2) is 4.98 Å². The highest BCUT2D eigenvalue weighted by molar-refractivity contribution is 7.13. The van der Waals surface area contributed by atoms with E-state index < -0.39 is 0 Å². The second kappa shape index (κ2) is 5.33. The number of thiazole rings is 1. The molecule has 0 spiro atoms. The number of rotatable bonds is 2. The summed E-state index contributed by atoms with van der Waals surface area (Å²) in [5.74, 6) is 0. The predicted octanol–water partition coefficient (Wildman–Crippen LogP) is 5.78. The summed E-state index contributed by atoms with van der Waals surface area (Å²) in [5.41, 5.74) is 4.93. The van der Waals surface area contributed by atoms with E-state index in [-0.39, 0.29) is 0 Å². The highest BCUT2D eigenvalue weighted by Crippen LogP contribution is 2.36. The average Bonchev–Trinajstić information content (AvgIpc) is 2.92. The van der Waals surface area contributed by atoms with Gasteiger partial charge in [-0.3, -0.25) is 0 Å². The molecule has 19 heavy (non-hydrogen) atoms. The summed E-state index contributed by atoms with van der Waals surface area (Å²) < 4.78 is 0. The fourth-order valence-corrected chi connectivity index (χ4v) is 3.01. The SMILES string of the molecule is Clc1ccc(-c2ncsc2-c2ccccc2)cc1Cl. The lowest BCUT2D eigenvalue weighted by molar-refractivity contribution is 1.41. The van der Waals surface area contributed by atoms with E-state index >= 15 is 0 Å². The topological polar surface area (TPSA) is 12.9 Å². The Morgan fingerprint density at radius 3 is 2.37 bits per heavy atom. The first kappa shape index (κ1) is 12.7. The fourth-order valence-electron chi connectivity index (χ4n) is 1.89. The number of hydrogen-bond donors (Lipinski definition) is 0. The summed E-state index contributed by atoms with van der Waals surface area (Å²) >= 11 is 13.6. The van der Waals surface area contributed by atoms with Crippen molar-refractivity contribution < 1.29 is 0 Å². The third-order valence-electron chi connectivity index (χ3n) is 2.80. The highest BCUT2D eigenvalue weighted by atomic mass is 35.5. The molecule has 0 bridgehead atoms. The van der Waals surface area contributed by atoms with Gasteiger partial charge in [-0.05, 0) is 17.7 Å². The van der Waals surface area contributed by atoms with Crippen LogP contribution in [-0.4, -0.2) is 4.98 Å². The van der Waals surface area contributed by atoms with Crippen LogP contribution in [0.4, 0.5) is 0 Å². The molecule has 1 aromatic heterocycles. The summed E-state index contributed by atoms with van der Waals surface area (Å²) in [6, 6.07) is 15.8. The van der Waals surface area contributed by atoms with Gasteiger partial charge >= 0.3 is 0 Å². The Bertz CT molecular complexity index is 707. The Hall–Kier alpha value is -1.35. The third-order valence-corrected chi connectivity index (χ3v) is 4.41. The summed E-state index contributed by atoms with van der Waals surface area (Å²) in [7, 11) is 0. The van der Waals surface area contributed by atoms with Crippen molar-refractivity contribution in [2.24, 2.45) is 0 Å². The van der Waals surface area contributed by atoms with Crippen LogP contribution in [0.25, 0.3) is 21.7 Å². The molecule has 0 unspecified atom stereocenters. The second-order valence-electron chi connectivity index (χ2n) is 4.03. The molecule has 0 aliphatic heterocycles. The molecule has 1 nitrogen and oxygen atoms in total. The standard InChI is InChI=1S/C15H9Cl2NS/c16-12-7-6-11(8-13(12)17)14-15(19-9-18-14)10-4-2-1-3-5-10/h1-9H. The van der Waals surface area contributed by atoms with Gasteiger partial charge in [0.2, 0.25) is 0 Å². The lowest BCUT2D eigenvalue weighted by atomic mass is 10.1. The van der Waals surface area contributed by atoms with E-state index in [4.69, 9.17) is 23.2 Å². The molecular weight excluding hydrogens is 297 g/mol. The maximum absolute atomic E-state index is 6.07. The fraction of sp³-hybridized carbons (Fsp3) is 0. The van der Waals surface area contributed by atoms with E-state index in [2.05, 4.69) is 17.1 Å². The van der Waals surface area contributed by atoms with Gasteiger partial charge in [0.25, 0.3) is 0 Å². The van der Waals surface area contributed by atoms with Crippen molar-refractivity contribution in [3.05, 3.63) is 64.1 Å². The first-order valence-corrected chi connectivity index (χ1v) is 7.33. The maximum Gasteiger partial charge on any atom is 0.0890 e. The van der Waals surface area contributed by atoms with Gasteiger partial charge in [-0.15, -0.1) is 11.3 Å². The molecule has 0 atom stereocenters. The van der Waals surface area contributed by atoms with Crippen molar-refractivity contribution in [3.8, 4) is 21.7 Å². The number of aromatic nitrogens is 1. The van der Waals surface area contributed by atoms with Crippen molar-refractivity contribution in [1.82, 2.24) is 4.98 Å². The molecule has 0 amide bonds. The van der Waals surface area contributed by atoms with Crippen LogP contribution < -0.4 is 0 Å². The number of benzene rings is 2. The van der Waals surface area contributed by atoms with E-state index in [0.29, 0.717) is 10.0 Å².